The van der Waals surface area contributed by atoms with Crippen LogP contribution in [-0.4, -0.2) is 45.3 Å². The van der Waals surface area contributed by atoms with E-state index in [2.05, 4.69) is 44.6 Å². The lowest BCUT2D eigenvalue weighted by molar-refractivity contribution is 0.0940. The van der Waals surface area contributed by atoms with Crippen molar-refractivity contribution < 1.29 is 4.79 Å². The molecule has 1 amide bonds. The van der Waals surface area contributed by atoms with E-state index < -0.39 is 0 Å². The molecule has 6 nitrogen and oxygen atoms in total. The monoisotopic (exact) mass is 427 g/mol. The zero-order chi connectivity index (χ0) is 20.2. The van der Waals surface area contributed by atoms with E-state index in [1.54, 1.807) is 16.8 Å². The van der Waals surface area contributed by atoms with Gasteiger partial charge >= 0.3 is 0 Å². The first-order chi connectivity index (χ1) is 14.1. The number of thioether (sulfide) groups is 1. The van der Waals surface area contributed by atoms with Crippen LogP contribution in [0.15, 0.2) is 48.5 Å². The van der Waals surface area contributed by atoms with Crippen molar-refractivity contribution in [1.82, 2.24) is 20.1 Å². The van der Waals surface area contributed by atoms with Gasteiger partial charge < -0.3 is 10.2 Å². The van der Waals surface area contributed by atoms with Crippen molar-refractivity contribution in [2.24, 2.45) is 0 Å². The van der Waals surface area contributed by atoms with E-state index in [1.165, 1.54) is 17.2 Å². The summed E-state index contributed by atoms with van der Waals surface area (Å²) in [7, 11) is 0. The van der Waals surface area contributed by atoms with Gasteiger partial charge in [0.05, 0.1) is 5.69 Å². The molecule has 0 radical (unpaired) electrons. The maximum absolute atomic E-state index is 12.5. The summed E-state index contributed by atoms with van der Waals surface area (Å²) in [6, 6.07) is 15.6. The average Bonchev–Trinajstić information content (AvgIpc) is 3.15. The van der Waals surface area contributed by atoms with Gasteiger partial charge in [0.15, 0.2) is 0 Å². The van der Waals surface area contributed by atoms with Crippen molar-refractivity contribution in [2.45, 2.75) is 13.5 Å². The normalized spacial score (nSPS) is 14.1. The van der Waals surface area contributed by atoms with Gasteiger partial charge in [-0.1, -0.05) is 23.7 Å². The van der Waals surface area contributed by atoms with Crippen molar-refractivity contribution >= 4 is 35.0 Å². The third-order valence-electron chi connectivity index (χ3n) is 4.81. The first-order valence-electron chi connectivity index (χ1n) is 9.49. The predicted octanol–water partition coefficient (Wildman–Crippen LogP) is 3.71. The minimum absolute atomic E-state index is 0.153. The fraction of sp³-hybridized carbons (Fsp3) is 0.286. The fourth-order valence-corrected chi connectivity index (χ4v) is 4.25. The summed E-state index contributed by atoms with van der Waals surface area (Å²) in [5.41, 5.74) is 3.09. The number of hydrogen-bond acceptors (Lipinski definition) is 5. The largest absolute Gasteiger partial charge is 0.370 e. The van der Waals surface area contributed by atoms with Gasteiger partial charge in [-0.05, 0) is 48.9 Å². The van der Waals surface area contributed by atoms with E-state index in [9.17, 15) is 4.79 Å². The summed E-state index contributed by atoms with van der Waals surface area (Å²) in [6.07, 6.45) is 0. The lowest BCUT2D eigenvalue weighted by Gasteiger charge is -2.28. The number of carbonyl (C=O) groups excluding carboxylic acids is 1. The second-order valence-electron chi connectivity index (χ2n) is 6.82. The Kier molecular flexibility index (Phi) is 6.06. The van der Waals surface area contributed by atoms with Gasteiger partial charge in [0.1, 0.15) is 5.82 Å². The molecule has 0 spiro atoms. The van der Waals surface area contributed by atoms with Crippen molar-refractivity contribution in [3.05, 3.63) is 70.8 Å². The van der Waals surface area contributed by atoms with Gasteiger partial charge in [0, 0.05) is 41.8 Å². The second-order valence-corrected chi connectivity index (χ2v) is 8.48. The smallest absolute Gasteiger partial charge is 0.291 e. The van der Waals surface area contributed by atoms with Crippen molar-refractivity contribution in [3.63, 3.8) is 0 Å². The van der Waals surface area contributed by atoms with Crippen molar-refractivity contribution in [3.8, 4) is 5.69 Å². The third kappa shape index (κ3) is 4.74. The van der Waals surface area contributed by atoms with Crippen LogP contribution in [-0.2, 0) is 6.54 Å². The Bertz CT molecular complexity index is 981. The first kappa shape index (κ1) is 19.8. The van der Waals surface area contributed by atoms with Crippen molar-refractivity contribution in [1.29, 1.82) is 0 Å². The molecule has 0 unspecified atom stereocenters. The highest BCUT2D eigenvalue weighted by Gasteiger charge is 2.15. The zero-order valence-electron chi connectivity index (χ0n) is 16.1. The molecule has 0 saturated carbocycles. The zero-order valence-corrected chi connectivity index (χ0v) is 17.7. The molecule has 1 saturated heterocycles. The van der Waals surface area contributed by atoms with Crippen LogP contribution in [0.5, 0.6) is 0 Å². The van der Waals surface area contributed by atoms with Gasteiger partial charge in [-0.3, -0.25) is 4.79 Å². The Hall–Kier alpha value is -2.51. The van der Waals surface area contributed by atoms with Crippen molar-refractivity contribution in [2.75, 3.05) is 29.5 Å². The van der Waals surface area contributed by atoms with Gasteiger partial charge in [0.25, 0.3) is 5.91 Å². The summed E-state index contributed by atoms with van der Waals surface area (Å²) < 4.78 is 1.64. The average molecular weight is 428 g/mol. The van der Waals surface area contributed by atoms with E-state index in [1.807, 2.05) is 30.8 Å². The lowest BCUT2D eigenvalue weighted by Crippen LogP contribution is -2.32. The summed E-state index contributed by atoms with van der Waals surface area (Å²) in [5, 5.41) is 7.89. The van der Waals surface area contributed by atoms with E-state index in [-0.39, 0.29) is 11.7 Å². The van der Waals surface area contributed by atoms with Crippen LogP contribution in [0.3, 0.4) is 0 Å². The lowest BCUT2D eigenvalue weighted by atomic mass is 10.2. The van der Waals surface area contributed by atoms with Crippen LogP contribution < -0.4 is 10.2 Å². The molecule has 0 aliphatic carbocycles. The predicted molar refractivity (Wildman–Crippen MR) is 118 cm³/mol. The van der Waals surface area contributed by atoms with E-state index in [4.69, 9.17) is 11.6 Å². The fourth-order valence-electron chi connectivity index (χ4n) is 3.22. The number of aromatic nitrogens is 3. The molecule has 29 heavy (non-hydrogen) atoms. The van der Waals surface area contributed by atoms with E-state index >= 15 is 0 Å². The first-order valence-corrected chi connectivity index (χ1v) is 11.0. The standard InChI is InChI=1S/C21H22ClN5OS/c1-15-24-20(25-27(15)19-8-4-17(22)5-9-19)21(28)23-14-16-2-6-18(7-3-16)26-10-12-29-13-11-26/h2-9H,10-14H2,1H3,(H,23,28). The van der Waals surface area contributed by atoms with Crippen LogP contribution in [0, 0.1) is 6.92 Å². The molecular weight excluding hydrogens is 406 g/mol. The van der Waals surface area contributed by atoms with Crippen LogP contribution in [0.4, 0.5) is 5.69 Å². The van der Waals surface area contributed by atoms with Gasteiger partial charge in [-0.2, -0.15) is 11.8 Å². The molecule has 1 aliphatic heterocycles. The third-order valence-corrected chi connectivity index (χ3v) is 6.00. The highest BCUT2D eigenvalue weighted by atomic mass is 35.5. The van der Waals surface area contributed by atoms with Crippen LogP contribution in [0.25, 0.3) is 5.69 Å². The van der Waals surface area contributed by atoms with Crippen LogP contribution in [0.1, 0.15) is 22.0 Å². The van der Waals surface area contributed by atoms with Gasteiger partial charge in [0.2, 0.25) is 5.82 Å². The molecule has 1 aliphatic rings. The van der Waals surface area contributed by atoms with E-state index in [0.717, 1.165) is 24.3 Å². The minimum Gasteiger partial charge on any atom is -0.370 e. The molecular formula is C21H22ClN5OS. The second kappa shape index (κ2) is 8.88. The molecule has 1 N–H and O–H groups in total. The number of amides is 1. The number of halogens is 1. The molecule has 0 atom stereocenters. The number of benzene rings is 2. The van der Waals surface area contributed by atoms with Crippen LogP contribution in [0.2, 0.25) is 5.02 Å². The molecule has 2 aromatic carbocycles. The topological polar surface area (TPSA) is 63.1 Å². The Morgan fingerprint density at radius 3 is 2.41 bits per heavy atom. The Morgan fingerprint density at radius 1 is 1.07 bits per heavy atom. The highest BCUT2D eigenvalue weighted by Crippen LogP contribution is 2.20. The SMILES string of the molecule is Cc1nc(C(=O)NCc2ccc(N3CCSCC3)cc2)nn1-c1ccc(Cl)cc1. The van der Waals surface area contributed by atoms with Gasteiger partial charge in [-0.15, -0.1) is 5.10 Å². The number of nitrogens with one attached hydrogen (secondary N) is 1. The van der Waals surface area contributed by atoms with Gasteiger partial charge in [-0.25, -0.2) is 9.67 Å². The summed E-state index contributed by atoms with van der Waals surface area (Å²) in [6.45, 7) is 4.42. The molecule has 4 rings (SSSR count). The number of hydrogen-bond donors (Lipinski definition) is 1. The maximum Gasteiger partial charge on any atom is 0.291 e. The van der Waals surface area contributed by atoms with E-state index in [0.29, 0.717) is 17.4 Å². The Labute approximate surface area is 179 Å². The molecule has 8 heteroatoms. The Balaban J connectivity index is 1.38. The number of carbonyl (C=O) groups is 1. The highest BCUT2D eigenvalue weighted by molar-refractivity contribution is 7.99. The number of anilines is 1. The number of rotatable bonds is 5. The molecule has 1 aromatic heterocycles. The molecule has 0 bridgehead atoms. The molecule has 2 heterocycles. The maximum atomic E-state index is 12.5. The number of aryl methyl sites for hydroxylation is 1. The molecule has 1 fully saturated rings. The molecule has 150 valence electrons. The quantitative estimate of drug-likeness (QED) is 0.672. The summed E-state index contributed by atoms with van der Waals surface area (Å²) in [4.78, 5) is 19.2. The minimum atomic E-state index is -0.294. The Morgan fingerprint density at radius 2 is 1.72 bits per heavy atom. The summed E-state index contributed by atoms with van der Waals surface area (Å²) >= 11 is 7.93. The number of nitrogens with zero attached hydrogens (tertiary/aromatic N) is 4. The summed E-state index contributed by atoms with van der Waals surface area (Å²) in [5.74, 6) is 2.85. The van der Waals surface area contributed by atoms with Crippen LogP contribution >= 0.6 is 23.4 Å². The molecule has 3 aromatic rings.